The predicted molar refractivity (Wildman–Crippen MR) is 40.7 cm³/mol. The van der Waals surface area contributed by atoms with Crippen molar-refractivity contribution in [1.29, 1.82) is 0 Å². The maximum absolute atomic E-state index is 10.6. The maximum atomic E-state index is 10.6. The van der Waals surface area contributed by atoms with Crippen LogP contribution < -0.4 is 10.6 Å². The number of amides is 2. The van der Waals surface area contributed by atoms with E-state index in [2.05, 4.69) is 10.6 Å². The zero-order valence-electron chi connectivity index (χ0n) is 6.70. The van der Waals surface area contributed by atoms with Crippen LogP contribution in [0.15, 0.2) is 0 Å². The smallest absolute Gasteiger partial charge is 0.326 e. The monoisotopic (exact) mass is 176 g/mol. The average Bonchev–Trinajstić information content (AvgIpc) is 2.03. The standard InChI is InChI=1S/C6H12N2O4/c1-7-6(12)8-4(2-3-9)5(10)11/h4,9H,2-3H2,1H3,(H,10,11)(H2,7,8,12). The van der Waals surface area contributed by atoms with E-state index in [1.54, 1.807) is 0 Å². The second kappa shape index (κ2) is 5.36. The van der Waals surface area contributed by atoms with Crippen LogP contribution in [0, 0.1) is 0 Å². The zero-order valence-corrected chi connectivity index (χ0v) is 6.70. The molecule has 0 heterocycles. The average molecular weight is 176 g/mol. The first-order chi connectivity index (χ1) is 5.61. The minimum atomic E-state index is -1.16. The van der Waals surface area contributed by atoms with Crippen LogP contribution in [0.3, 0.4) is 0 Å². The summed E-state index contributed by atoms with van der Waals surface area (Å²) in [6.07, 6.45) is 0.00273. The van der Waals surface area contributed by atoms with Crippen LogP contribution in [0.1, 0.15) is 6.42 Å². The fourth-order valence-corrected chi connectivity index (χ4v) is 0.617. The lowest BCUT2D eigenvalue weighted by Gasteiger charge is -2.11. The lowest BCUT2D eigenvalue weighted by atomic mass is 10.2. The Morgan fingerprint density at radius 2 is 2.08 bits per heavy atom. The Labute approximate surface area is 69.6 Å². The van der Waals surface area contributed by atoms with Gasteiger partial charge < -0.3 is 20.8 Å². The highest BCUT2D eigenvalue weighted by molar-refractivity contribution is 5.82. The van der Waals surface area contributed by atoms with E-state index in [1.165, 1.54) is 7.05 Å². The number of hydrogen-bond acceptors (Lipinski definition) is 3. The van der Waals surface area contributed by atoms with Crippen LogP contribution in [-0.4, -0.2) is 41.9 Å². The SMILES string of the molecule is CNC(=O)NC(CCO)C(=O)O. The van der Waals surface area contributed by atoms with Gasteiger partial charge in [-0.2, -0.15) is 0 Å². The number of carbonyl (C=O) groups is 2. The van der Waals surface area contributed by atoms with Crippen molar-refractivity contribution in [3.63, 3.8) is 0 Å². The summed E-state index contributed by atoms with van der Waals surface area (Å²) in [5.74, 6) is -1.16. The highest BCUT2D eigenvalue weighted by Crippen LogP contribution is 1.90. The van der Waals surface area contributed by atoms with Gasteiger partial charge in [0.15, 0.2) is 0 Å². The second-order valence-corrected chi connectivity index (χ2v) is 2.13. The third kappa shape index (κ3) is 3.77. The van der Waals surface area contributed by atoms with Gasteiger partial charge in [-0.25, -0.2) is 9.59 Å². The summed E-state index contributed by atoms with van der Waals surface area (Å²) in [4.78, 5) is 21.0. The summed E-state index contributed by atoms with van der Waals surface area (Å²) in [7, 11) is 1.38. The molecule has 0 rings (SSSR count). The van der Waals surface area contributed by atoms with Gasteiger partial charge in [0.05, 0.1) is 0 Å². The van der Waals surface area contributed by atoms with Gasteiger partial charge >= 0.3 is 12.0 Å². The summed E-state index contributed by atoms with van der Waals surface area (Å²) in [5.41, 5.74) is 0. The number of aliphatic carboxylic acids is 1. The Balaban J connectivity index is 3.95. The largest absolute Gasteiger partial charge is 0.480 e. The number of nitrogens with one attached hydrogen (secondary N) is 2. The van der Waals surface area contributed by atoms with Gasteiger partial charge in [-0.3, -0.25) is 0 Å². The van der Waals surface area contributed by atoms with Crippen molar-refractivity contribution in [2.45, 2.75) is 12.5 Å². The van der Waals surface area contributed by atoms with Crippen molar-refractivity contribution < 1.29 is 19.8 Å². The Hall–Kier alpha value is -1.30. The summed E-state index contributed by atoms with van der Waals surface area (Å²) >= 11 is 0. The van der Waals surface area contributed by atoms with Gasteiger partial charge in [-0.05, 0) is 0 Å². The highest BCUT2D eigenvalue weighted by Gasteiger charge is 2.17. The summed E-state index contributed by atoms with van der Waals surface area (Å²) in [6.45, 7) is -0.277. The van der Waals surface area contributed by atoms with E-state index in [-0.39, 0.29) is 13.0 Å². The summed E-state index contributed by atoms with van der Waals surface area (Å²) in [6, 6.07) is -1.61. The molecule has 70 valence electrons. The lowest BCUT2D eigenvalue weighted by molar-refractivity contribution is -0.139. The van der Waals surface area contributed by atoms with E-state index in [9.17, 15) is 9.59 Å². The molecule has 4 N–H and O–H groups in total. The number of aliphatic hydroxyl groups is 1. The fourth-order valence-electron chi connectivity index (χ4n) is 0.617. The first-order valence-electron chi connectivity index (χ1n) is 3.43. The minimum Gasteiger partial charge on any atom is -0.480 e. The molecule has 0 aromatic heterocycles. The molecule has 12 heavy (non-hydrogen) atoms. The van der Waals surface area contributed by atoms with E-state index < -0.39 is 18.0 Å². The van der Waals surface area contributed by atoms with E-state index in [0.29, 0.717) is 0 Å². The van der Waals surface area contributed by atoms with Crippen molar-refractivity contribution in [3.05, 3.63) is 0 Å². The van der Waals surface area contributed by atoms with E-state index >= 15 is 0 Å². The first kappa shape index (κ1) is 10.7. The molecule has 0 aliphatic rings. The fraction of sp³-hybridized carbons (Fsp3) is 0.667. The number of hydrogen-bond donors (Lipinski definition) is 4. The molecule has 0 aliphatic carbocycles. The Morgan fingerprint density at radius 1 is 1.50 bits per heavy atom. The van der Waals surface area contributed by atoms with Crippen LogP contribution in [0.25, 0.3) is 0 Å². The molecule has 0 saturated heterocycles. The van der Waals surface area contributed by atoms with E-state index in [1.807, 2.05) is 0 Å². The normalized spacial score (nSPS) is 11.8. The number of aliphatic hydroxyl groups excluding tert-OH is 1. The molecule has 0 aliphatic heterocycles. The van der Waals surface area contributed by atoms with Crippen molar-refractivity contribution in [1.82, 2.24) is 10.6 Å². The van der Waals surface area contributed by atoms with Gasteiger partial charge in [0.2, 0.25) is 0 Å². The molecule has 0 aromatic carbocycles. The maximum Gasteiger partial charge on any atom is 0.326 e. The topological polar surface area (TPSA) is 98.7 Å². The van der Waals surface area contributed by atoms with Crippen LogP contribution in [0.5, 0.6) is 0 Å². The minimum absolute atomic E-state index is 0.00273. The van der Waals surface area contributed by atoms with Crippen molar-refractivity contribution in [3.8, 4) is 0 Å². The zero-order chi connectivity index (χ0) is 9.56. The van der Waals surface area contributed by atoms with E-state index in [0.717, 1.165) is 0 Å². The van der Waals surface area contributed by atoms with Gasteiger partial charge in [0.25, 0.3) is 0 Å². The van der Waals surface area contributed by atoms with E-state index in [4.69, 9.17) is 10.2 Å². The third-order valence-corrected chi connectivity index (χ3v) is 1.25. The van der Waals surface area contributed by atoms with Crippen molar-refractivity contribution in [2.75, 3.05) is 13.7 Å². The predicted octanol–water partition coefficient (Wildman–Crippen LogP) is -1.25. The first-order valence-corrected chi connectivity index (χ1v) is 3.43. The number of urea groups is 1. The number of carboxylic acids is 1. The summed E-state index contributed by atoms with van der Waals surface area (Å²) < 4.78 is 0. The van der Waals surface area contributed by atoms with Gasteiger partial charge in [0, 0.05) is 20.1 Å². The van der Waals surface area contributed by atoms with Crippen LogP contribution in [-0.2, 0) is 4.79 Å². The molecule has 0 spiro atoms. The van der Waals surface area contributed by atoms with Gasteiger partial charge in [-0.15, -0.1) is 0 Å². The molecular weight excluding hydrogens is 164 g/mol. The molecular formula is C6H12N2O4. The molecule has 0 bridgehead atoms. The molecule has 0 fully saturated rings. The highest BCUT2D eigenvalue weighted by atomic mass is 16.4. The third-order valence-electron chi connectivity index (χ3n) is 1.25. The molecule has 0 saturated carbocycles. The molecule has 1 atom stereocenters. The van der Waals surface area contributed by atoms with Gasteiger partial charge in [0.1, 0.15) is 6.04 Å². The molecule has 6 nitrogen and oxygen atoms in total. The molecule has 6 heteroatoms. The van der Waals surface area contributed by atoms with Gasteiger partial charge in [-0.1, -0.05) is 0 Å². The Morgan fingerprint density at radius 3 is 2.42 bits per heavy atom. The quantitative estimate of drug-likeness (QED) is 0.430. The molecule has 1 unspecified atom stereocenters. The van der Waals surface area contributed by atoms with Crippen molar-refractivity contribution >= 4 is 12.0 Å². The molecule has 0 aromatic rings. The number of rotatable bonds is 4. The van der Waals surface area contributed by atoms with Crippen molar-refractivity contribution in [2.24, 2.45) is 0 Å². The van der Waals surface area contributed by atoms with Crippen LogP contribution in [0.2, 0.25) is 0 Å². The summed E-state index contributed by atoms with van der Waals surface area (Å²) in [5, 5.41) is 21.3. The Kier molecular flexibility index (Phi) is 4.78. The van der Waals surface area contributed by atoms with Crippen LogP contribution >= 0.6 is 0 Å². The molecule has 2 amide bonds. The number of carboxylic acid groups (broad SMARTS) is 1. The second-order valence-electron chi connectivity index (χ2n) is 2.13. The number of carbonyl (C=O) groups excluding carboxylic acids is 1. The van der Waals surface area contributed by atoms with Crippen LogP contribution in [0.4, 0.5) is 4.79 Å². The lowest BCUT2D eigenvalue weighted by Crippen LogP contribution is -2.45. The molecule has 0 radical (unpaired) electrons. The Bertz CT molecular complexity index is 169.